The summed E-state index contributed by atoms with van der Waals surface area (Å²) < 4.78 is 10.9. The quantitative estimate of drug-likeness (QED) is 0.219. The van der Waals surface area contributed by atoms with Crippen molar-refractivity contribution in [3.8, 4) is 0 Å². The summed E-state index contributed by atoms with van der Waals surface area (Å²) in [6.45, 7) is 12.9. The Hall–Kier alpha value is -0.810. The Bertz CT molecular complexity index is 429. The molecule has 3 N–H and O–H groups in total. The van der Waals surface area contributed by atoms with E-state index in [0.29, 0.717) is 19.6 Å². The van der Waals surface area contributed by atoms with E-state index in [1.165, 1.54) is 0 Å². The molecule has 0 spiro atoms. The maximum atomic E-state index is 11.6. The number of nitrogens with zero attached hydrogens (tertiary/aromatic N) is 2. The minimum Gasteiger partial charge on any atom is -0.444 e. The molecule has 1 fully saturated rings. The van der Waals surface area contributed by atoms with Gasteiger partial charge in [0, 0.05) is 32.7 Å². The standard InChI is InChI=1S/C17H35N5O3.HI/c1-6-18-15(21-12-14-13-22(5)10-11-24-14)19-8-7-9-20-16(23)25-17(2,3)4;/h14H,6-13H2,1-5H3,(H,20,23)(H2,18,19,21);1H. The van der Waals surface area contributed by atoms with Crippen LogP contribution >= 0.6 is 24.0 Å². The van der Waals surface area contributed by atoms with Crippen LogP contribution in [0, 0.1) is 0 Å². The number of hydrogen-bond acceptors (Lipinski definition) is 5. The fraction of sp³-hybridized carbons (Fsp3) is 0.882. The minimum atomic E-state index is -0.470. The number of likely N-dealkylation sites (N-methyl/N-ethyl adjacent to an activating group) is 1. The average molecular weight is 485 g/mol. The smallest absolute Gasteiger partial charge is 0.407 e. The highest BCUT2D eigenvalue weighted by Gasteiger charge is 2.17. The van der Waals surface area contributed by atoms with Gasteiger partial charge in [0.15, 0.2) is 5.96 Å². The van der Waals surface area contributed by atoms with Gasteiger partial charge in [-0.1, -0.05) is 0 Å². The number of guanidine groups is 1. The van der Waals surface area contributed by atoms with Crippen molar-refractivity contribution >= 4 is 36.0 Å². The Morgan fingerprint density at radius 3 is 2.58 bits per heavy atom. The molecule has 1 unspecified atom stereocenters. The summed E-state index contributed by atoms with van der Waals surface area (Å²) in [6.07, 6.45) is 0.543. The molecule has 0 radical (unpaired) electrons. The van der Waals surface area contributed by atoms with Crippen LogP contribution < -0.4 is 16.0 Å². The first kappa shape index (κ1) is 25.2. The van der Waals surface area contributed by atoms with Crippen LogP contribution in [0.4, 0.5) is 4.79 Å². The fourth-order valence-corrected chi connectivity index (χ4v) is 2.31. The highest BCUT2D eigenvalue weighted by Crippen LogP contribution is 2.06. The molecule has 1 saturated heterocycles. The van der Waals surface area contributed by atoms with Crippen molar-refractivity contribution in [1.82, 2.24) is 20.9 Å². The molecule has 154 valence electrons. The second kappa shape index (κ2) is 13.4. The number of rotatable bonds is 7. The molecule has 0 aliphatic carbocycles. The zero-order valence-electron chi connectivity index (χ0n) is 16.8. The SMILES string of the molecule is CCNC(=NCC1CN(C)CCO1)NCCCNC(=O)OC(C)(C)C.I. The molecule has 1 atom stereocenters. The molecule has 0 aromatic rings. The van der Waals surface area contributed by atoms with Crippen LogP contribution in [0.15, 0.2) is 4.99 Å². The van der Waals surface area contributed by atoms with Gasteiger partial charge in [-0.3, -0.25) is 4.99 Å². The van der Waals surface area contributed by atoms with Gasteiger partial charge in [0.25, 0.3) is 0 Å². The Balaban J connectivity index is 0.00000625. The molecular formula is C17H36IN5O3. The first-order valence-electron chi connectivity index (χ1n) is 9.09. The van der Waals surface area contributed by atoms with Gasteiger partial charge in [-0.15, -0.1) is 24.0 Å². The number of morpholine rings is 1. The Labute approximate surface area is 174 Å². The number of aliphatic imine (C=N–C) groups is 1. The van der Waals surface area contributed by atoms with Gasteiger partial charge in [0.05, 0.1) is 19.3 Å². The van der Waals surface area contributed by atoms with E-state index in [-0.39, 0.29) is 36.2 Å². The lowest BCUT2D eigenvalue weighted by Gasteiger charge is -2.29. The van der Waals surface area contributed by atoms with Crippen LogP contribution in [-0.2, 0) is 9.47 Å². The molecule has 1 amide bonds. The zero-order chi connectivity index (χ0) is 18.7. The molecular weight excluding hydrogens is 449 g/mol. The monoisotopic (exact) mass is 485 g/mol. The molecule has 1 heterocycles. The van der Waals surface area contributed by atoms with Crippen molar-refractivity contribution in [3.05, 3.63) is 0 Å². The second-order valence-electron chi connectivity index (χ2n) is 7.18. The lowest BCUT2D eigenvalue weighted by atomic mass is 10.2. The van der Waals surface area contributed by atoms with E-state index >= 15 is 0 Å². The maximum absolute atomic E-state index is 11.6. The number of carbonyl (C=O) groups is 1. The van der Waals surface area contributed by atoms with Gasteiger partial charge >= 0.3 is 6.09 Å². The largest absolute Gasteiger partial charge is 0.444 e. The van der Waals surface area contributed by atoms with E-state index in [1.54, 1.807) is 0 Å². The van der Waals surface area contributed by atoms with Gasteiger partial charge in [-0.05, 0) is 41.2 Å². The van der Waals surface area contributed by atoms with Crippen molar-refractivity contribution < 1.29 is 14.3 Å². The van der Waals surface area contributed by atoms with E-state index in [1.807, 2.05) is 27.7 Å². The number of carbonyl (C=O) groups excluding carboxylic acids is 1. The molecule has 0 aromatic heterocycles. The third kappa shape index (κ3) is 12.5. The molecule has 0 bridgehead atoms. The summed E-state index contributed by atoms with van der Waals surface area (Å²) in [5.41, 5.74) is -0.470. The molecule has 8 nitrogen and oxygen atoms in total. The summed E-state index contributed by atoms with van der Waals surface area (Å²) in [6, 6.07) is 0. The van der Waals surface area contributed by atoms with Crippen molar-refractivity contribution in [2.24, 2.45) is 4.99 Å². The van der Waals surface area contributed by atoms with Crippen LogP contribution in [0.25, 0.3) is 0 Å². The summed E-state index contributed by atoms with van der Waals surface area (Å²) in [4.78, 5) is 18.4. The first-order chi connectivity index (χ1) is 11.8. The predicted octanol–water partition coefficient (Wildman–Crippen LogP) is 1.40. The number of amides is 1. The zero-order valence-corrected chi connectivity index (χ0v) is 19.1. The third-order valence-electron chi connectivity index (χ3n) is 3.45. The highest BCUT2D eigenvalue weighted by molar-refractivity contribution is 14.0. The molecule has 0 saturated carbocycles. The third-order valence-corrected chi connectivity index (χ3v) is 3.45. The fourth-order valence-electron chi connectivity index (χ4n) is 2.31. The molecule has 26 heavy (non-hydrogen) atoms. The van der Waals surface area contributed by atoms with Gasteiger partial charge in [0.2, 0.25) is 0 Å². The summed E-state index contributed by atoms with van der Waals surface area (Å²) >= 11 is 0. The number of alkyl carbamates (subject to hydrolysis) is 1. The first-order valence-corrected chi connectivity index (χ1v) is 9.09. The van der Waals surface area contributed by atoms with Crippen LogP contribution in [0.2, 0.25) is 0 Å². The van der Waals surface area contributed by atoms with Crippen molar-refractivity contribution in [3.63, 3.8) is 0 Å². The van der Waals surface area contributed by atoms with E-state index < -0.39 is 5.60 Å². The van der Waals surface area contributed by atoms with E-state index in [0.717, 1.165) is 38.6 Å². The van der Waals surface area contributed by atoms with Crippen molar-refractivity contribution in [1.29, 1.82) is 0 Å². The second-order valence-corrected chi connectivity index (χ2v) is 7.18. The molecule has 1 aliphatic heterocycles. The van der Waals surface area contributed by atoms with Gasteiger partial charge in [-0.25, -0.2) is 4.79 Å². The van der Waals surface area contributed by atoms with Crippen molar-refractivity contribution in [2.75, 3.05) is 52.9 Å². The number of ether oxygens (including phenoxy) is 2. The summed E-state index contributed by atoms with van der Waals surface area (Å²) in [5.74, 6) is 0.775. The number of nitrogens with one attached hydrogen (secondary N) is 3. The highest BCUT2D eigenvalue weighted by atomic mass is 127. The lowest BCUT2D eigenvalue weighted by Crippen LogP contribution is -2.43. The van der Waals surface area contributed by atoms with Crippen LogP contribution in [0.1, 0.15) is 34.1 Å². The van der Waals surface area contributed by atoms with Gasteiger partial charge in [-0.2, -0.15) is 0 Å². The minimum absolute atomic E-state index is 0. The molecule has 1 aliphatic rings. The van der Waals surface area contributed by atoms with Crippen molar-refractivity contribution in [2.45, 2.75) is 45.8 Å². The van der Waals surface area contributed by atoms with Crippen LogP contribution in [0.3, 0.4) is 0 Å². The van der Waals surface area contributed by atoms with E-state index in [9.17, 15) is 4.79 Å². The average Bonchev–Trinajstić information content (AvgIpc) is 2.50. The molecule has 9 heteroatoms. The maximum Gasteiger partial charge on any atom is 0.407 e. The Morgan fingerprint density at radius 1 is 1.27 bits per heavy atom. The topological polar surface area (TPSA) is 87.2 Å². The van der Waals surface area contributed by atoms with Gasteiger partial charge < -0.3 is 30.3 Å². The molecule has 0 aromatic carbocycles. The van der Waals surface area contributed by atoms with Crippen LogP contribution in [-0.4, -0.2) is 81.6 Å². The van der Waals surface area contributed by atoms with E-state index in [2.05, 4.69) is 32.9 Å². The Kier molecular flexibility index (Phi) is 13.0. The number of hydrogen-bond donors (Lipinski definition) is 3. The predicted molar refractivity (Wildman–Crippen MR) is 115 cm³/mol. The summed E-state index contributed by atoms with van der Waals surface area (Å²) in [7, 11) is 2.10. The normalized spacial score (nSPS) is 18.7. The Morgan fingerprint density at radius 2 is 1.96 bits per heavy atom. The molecule has 1 rings (SSSR count). The van der Waals surface area contributed by atoms with Crippen LogP contribution in [0.5, 0.6) is 0 Å². The van der Waals surface area contributed by atoms with Gasteiger partial charge in [0.1, 0.15) is 5.60 Å². The number of halogens is 1. The summed E-state index contributed by atoms with van der Waals surface area (Å²) in [5, 5.41) is 9.24. The lowest BCUT2D eigenvalue weighted by molar-refractivity contribution is -0.0136. The van der Waals surface area contributed by atoms with E-state index in [4.69, 9.17) is 9.47 Å².